The van der Waals surface area contributed by atoms with Gasteiger partial charge in [0.2, 0.25) is 0 Å². The van der Waals surface area contributed by atoms with Crippen LogP contribution in [0.15, 0.2) is 34.7 Å². The third-order valence-corrected chi connectivity index (χ3v) is 3.61. The lowest BCUT2D eigenvalue weighted by Crippen LogP contribution is -2.31. The van der Waals surface area contributed by atoms with E-state index in [0.717, 1.165) is 5.56 Å². The molecule has 25 heavy (non-hydrogen) atoms. The number of anilines is 1. The molecule has 0 unspecified atom stereocenters. The van der Waals surface area contributed by atoms with E-state index in [1.807, 2.05) is 30.3 Å². The predicted octanol–water partition coefficient (Wildman–Crippen LogP) is 2.32. The molecule has 0 aliphatic carbocycles. The van der Waals surface area contributed by atoms with Gasteiger partial charge in [-0.1, -0.05) is 30.3 Å². The molecule has 0 atom stereocenters. The average Bonchev–Trinajstić information content (AvgIpc) is 3.12. The van der Waals surface area contributed by atoms with Crippen molar-refractivity contribution in [1.82, 2.24) is 20.2 Å². The number of carbonyl (C=O) groups is 1. The molecular formula is C17H16N6O2. The van der Waals surface area contributed by atoms with Gasteiger partial charge < -0.3 is 4.42 Å². The van der Waals surface area contributed by atoms with Crippen molar-refractivity contribution in [2.24, 2.45) is 7.05 Å². The summed E-state index contributed by atoms with van der Waals surface area (Å²) in [6, 6.07) is 11.3. The summed E-state index contributed by atoms with van der Waals surface area (Å²) < 4.78 is 7.06. The van der Waals surface area contributed by atoms with E-state index in [-0.39, 0.29) is 5.69 Å². The van der Waals surface area contributed by atoms with Gasteiger partial charge in [-0.05, 0) is 6.92 Å². The highest BCUT2D eigenvalue weighted by Crippen LogP contribution is 2.24. The number of hydrogen-bond acceptors (Lipinski definition) is 6. The third-order valence-electron chi connectivity index (χ3n) is 3.61. The Bertz CT molecular complexity index is 965. The SMILES string of the molecule is Cc1nc(C(=O)NNc2c(C#N)c(C)nn2C)c(-c2ccccc2)o1. The van der Waals surface area contributed by atoms with Gasteiger partial charge in [0, 0.05) is 19.5 Å². The van der Waals surface area contributed by atoms with Crippen molar-refractivity contribution in [3.63, 3.8) is 0 Å². The van der Waals surface area contributed by atoms with E-state index in [9.17, 15) is 10.1 Å². The van der Waals surface area contributed by atoms with E-state index in [4.69, 9.17) is 4.42 Å². The third kappa shape index (κ3) is 3.07. The summed E-state index contributed by atoms with van der Waals surface area (Å²) in [7, 11) is 1.68. The van der Waals surface area contributed by atoms with E-state index in [1.54, 1.807) is 20.9 Å². The van der Waals surface area contributed by atoms with Crippen LogP contribution in [0.3, 0.4) is 0 Å². The van der Waals surface area contributed by atoms with Gasteiger partial charge in [0.15, 0.2) is 23.2 Å². The molecule has 0 fully saturated rings. The van der Waals surface area contributed by atoms with E-state index in [2.05, 4.69) is 27.0 Å². The maximum atomic E-state index is 12.5. The van der Waals surface area contributed by atoms with Crippen LogP contribution in [-0.4, -0.2) is 20.7 Å². The first-order valence-corrected chi connectivity index (χ1v) is 7.54. The molecule has 0 aliphatic rings. The first kappa shape index (κ1) is 16.3. The summed E-state index contributed by atoms with van der Waals surface area (Å²) in [4.78, 5) is 16.7. The molecule has 0 saturated carbocycles. The van der Waals surface area contributed by atoms with Gasteiger partial charge in [0.1, 0.15) is 11.6 Å². The molecule has 3 rings (SSSR count). The fourth-order valence-corrected chi connectivity index (χ4v) is 2.48. The number of nitrogens with zero attached hydrogens (tertiary/aromatic N) is 4. The lowest BCUT2D eigenvalue weighted by Gasteiger charge is -2.08. The summed E-state index contributed by atoms with van der Waals surface area (Å²) in [6.07, 6.45) is 0. The molecule has 8 heteroatoms. The van der Waals surface area contributed by atoms with Crippen LogP contribution in [-0.2, 0) is 7.05 Å². The molecule has 126 valence electrons. The maximum Gasteiger partial charge on any atom is 0.292 e. The summed E-state index contributed by atoms with van der Waals surface area (Å²) >= 11 is 0. The van der Waals surface area contributed by atoms with Crippen LogP contribution in [0.25, 0.3) is 11.3 Å². The van der Waals surface area contributed by atoms with E-state index < -0.39 is 5.91 Å². The molecule has 0 bridgehead atoms. The molecule has 1 aromatic carbocycles. The van der Waals surface area contributed by atoms with Gasteiger partial charge in [-0.25, -0.2) is 4.98 Å². The normalized spacial score (nSPS) is 10.3. The Balaban J connectivity index is 1.85. The van der Waals surface area contributed by atoms with Gasteiger partial charge in [-0.15, -0.1) is 0 Å². The Morgan fingerprint density at radius 3 is 2.68 bits per heavy atom. The Morgan fingerprint density at radius 1 is 1.28 bits per heavy atom. The van der Waals surface area contributed by atoms with Gasteiger partial charge in [0.05, 0.1) is 5.69 Å². The van der Waals surface area contributed by atoms with Gasteiger partial charge in [-0.3, -0.25) is 20.3 Å². The molecule has 0 radical (unpaired) electrons. The highest BCUT2D eigenvalue weighted by Gasteiger charge is 2.21. The number of aryl methyl sites for hydroxylation is 3. The monoisotopic (exact) mass is 336 g/mol. The fraction of sp³-hybridized carbons (Fsp3) is 0.176. The molecule has 0 saturated heterocycles. The maximum absolute atomic E-state index is 12.5. The summed E-state index contributed by atoms with van der Waals surface area (Å²) in [5, 5.41) is 13.4. The second-order valence-corrected chi connectivity index (χ2v) is 5.40. The Hall–Kier alpha value is -3.60. The highest BCUT2D eigenvalue weighted by molar-refractivity contribution is 5.98. The summed E-state index contributed by atoms with van der Waals surface area (Å²) in [5.74, 6) is 0.700. The number of amides is 1. The second-order valence-electron chi connectivity index (χ2n) is 5.40. The molecule has 8 nitrogen and oxygen atoms in total. The molecule has 3 aromatic rings. The van der Waals surface area contributed by atoms with Crippen molar-refractivity contribution < 1.29 is 9.21 Å². The van der Waals surface area contributed by atoms with E-state index in [0.29, 0.717) is 28.7 Å². The summed E-state index contributed by atoms with van der Waals surface area (Å²) in [6.45, 7) is 3.40. The molecule has 0 spiro atoms. The number of hydrazine groups is 1. The van der Waals surface area contributed by atoms with Crippen LogP contribution in [0, 0.1) is 25.2 Å². The molecule has 2 N–H and O–H groups in total. The molecule has 0 aliphatic heterocycles. The minimum Gasteiger partial charge on any atom is -0.440 e. The molecule has 2 aromatic heterocycles. The quantitative estimate of drug-likeness (QED) is 0.708. The van der Waals surface area contributed by atoms with Crippen LogP contribution in [0.5, 0.6) is 0 Å². The van der Waals surface area contributed by atoms with Crippen LogP contribution in [0.4, 0.5) is 5.82 Å². The zero-order valence-corrected chi connectivity index (χ0v) is 14.0. The Labute approximate surface area is 144 Å². The van der Waals surface area contributed by atoms with Crippen LogP contribution in [0.1, 0.15) is 27.6 Å². The van der Waals surface area contributed by atoms with Crippen molar-refractivity contribution in [3.8, 4) is 17.4 Å². The topological polar surface area (TPSA) is 109 Å². The summed E-state index contributed by atoms with van der Waals surface area (Å²) in [5.41, 5.74) is 7.13. The lowest BCUT2D eigenvalue weighted by atomic mass is 10.1. The van der Waals surface area contributed by atoms with Crippen molar-refractivity contribution in [2.75, 3.05) is 5.43 Å². The molecular weight excluding hydrogens is 320 g/mol. The minimum atomic E-state index is -0.474. The first-order valence-electron chi connectivity index (χ1n) is 7.54. The molecule has 1 amide bonds. The van der Waals surface area contributed by atoms with Gasteiger partial charge in [-0.2, -0.15) is 10.4 Å². The number of hydrogen-bond donors (Lipinski definition) is 2. The fourth-order valence-electron chi connectivity index (χ4n) is 2.48. The number of carbonyl (C=O) groups excluding carboxylic acids is 1. The highest BCUT2D eigenvalue weighted by atomic mass is 16.4. The van der Waals surface area contributed by atoms with E-state index >= 15 is 0 Å². The smallest absolute Gasteiger partial charge is 0.292 e. The number of nitriles is 1. The van der Waals surface area contributed by atoms with Crippen molar-refractivity contribution in [1.29, 1.82) is 5.26 Å². The number of benzene rings is 1. The number of aromatic nitrogens is 3. The zero-order valence-electron chi connectivity index (χ0n) is 14.0. The number of oxazole rings is 1. The largest absolute Gasteiger partial charge is 0.440 e. The Kier molecular flexibility index (Phi) is 4.22. The van der Waals surface area contributed by atoms with Crippen molar-refractivity contribution in [2.45, 2.75) is 13.8 Å². The van der Waals surface area contributed by atoms with Crippen LogP contribution < -0.4 is 10.9 Å². The van der Waals surface area contributed by atoms with Crippen molar-refractivity contribution in [3.05, 3.63) is 53.2 Å². The first-order chi connectivity index (χ1) is 12.0. The van der Waals surface area contributed by atoms with Crippen LogP contribution in [0.2, 0.25) is 0 Å². The van der Waals surface area contributed by atoms with Gasteiger partial charge >= 0.3 is 0 Å². The standard InChI is InChI=1S/C17H16N6O2/c1-10-13(9-18)16(23(3)22-10)20-21-17(24)14-15(25-11(2)19-14)12-7-5-4-6-8-12/h4-8,20H,1-3H3,(H,21,24). The predicted molar refractivity (Wildman–Crippen MR) is 90.4 cm³/mol. The van der Waals surface area contributed by atoms with Gasteiger partial charge in [0.25, 0.3) is 5.91 Å². The lowest BCUT2D eigenvalue weighted by molar-refractivity contribution is 0.0958. The molecule has 2 heterocycles. The van der Waals surface area contributed by atoms with E-state index in [1.165, 1.54) is 4.68 Å². The number of nitrogens with one attached hydrogen (secondary N) is 2. The number of rotatable bonds is 4. The van der Waals surface area contributed by atoms with Crippen LogP contribution >= 0.6 is 0 Å². The Morgan fingerprint density at radius 2 is 2.00 bits per heavy atom. The van der Waals surface area contributed by atoms with Crippen molar-refractivity contribution >= 4 is 11.7 Å². The average molecular weight is 336 g/mol. The zero-order chi connectivity index (χ0) is 18.0. The second kappa shape index (κ2) is 6.49. The minimum absolute atomic E-state index is 0.161.